The maximum Gasteiger partial charge on any atom is 0.356 e. The van der Waals surface area contributed by atoms with Crippen molar-refractivity contribution < 1.29 is 9.53 Å². The number of fused-ring (bicyclic) bond motifs is 1. The first kappa shape index (κ1) is 19.6. The van der Waals surface area contributed by atoms with Gasteiger partial charge in [0.25, 0.3) is 0 Å². The van der Waals surface area contributed by atoms with E-state index in [-0.39, 0.29) is 0 Å². The summed E-state index contributed by atoms with van der Waals surface area (Å²) in [5.74, 6) is -0.442. The van der Waals surface area contributed by atoms with Crippen LogP contribution in [0.15, 0.2) is 30.3 Å². The summed E-state index contributed by atoms with van der Waals surface area (Å²) < 4.78 is 5.82. The average molecular weight is 404 g/mol. The molecule has 2 heterocycles. The van der Waals surface area contributed by atoms with Gasteiger partial charge in [-0.3, -0.25) is 0 Å². The molecule has 5 nitrogen and oxygen atoms in total. The second-order valence-corrected chi connectivity index (χ2v) is 7.62. The van der Waals surface area contributed by atoms with Crippen LogP contribution in [0.4, 0.5) is 5.13 Å². The van der Waals surface area contributed by atoms with Gasteiger partial charge in [0.1, 0.15) is 5.69 Å². The molecular formula is C20H22ClN3O2S. The minimum absolute atomic E-state index is 0.298. The van der Waals surface area contributed by atoms with E-state index >= 15 is 0 Å². The van der Waals surface area contributed by atoms with Gasteiger partial charge in [-0.25, -0.2) is 14.8 Å². The molecule has 0 bridgehead atoms. The summed E-state index contributed by atoms with van der Waals surface area (Å²) >= 11 is 8.01. The molecule has 0 amide bonds. The molecule has 0 aliphatic carbocycles. The van der Waals surface area contributed by atoms with Gasteiger partial charge in [-0.05, 0) is 43.2 Å². The maximum atomic E-state index is 11.7. The molecule has 3 rings (SSSR count). The molecule has 0 aliphatic heterocycles. The van der Waals surface area contributed by atoms with E-state index in [0.29, 0.717) is 17.1 Å². The largest absolute Gasteiger partial charge is 0.464 e. The molecule has 0 saturated carbocycles. The van der Waals surface area contributed by atoms with Gasteiger partial charge in [0, 0.05) is 30.2 Å². The molecule has 0 atom stereocenters. The molecule has 0 N–H and O–H groups in total. The summed E-state index contributed by atoms with van der Waals surface area (Å²) in [4.78, 5) is 23.3. The van der Waals surface area contributed by atoms with Crippen LogP contribution in [0, 0.1) is 0 Å². The molecule has 0 radical (unpaired) electrons. The van der Waals surface area contributed by atoms with E-state index in [1.807, 2.05) is 24.3 Å². The van der Waals surface area contributed by atoms with E-state index in [9.17, 15) is 4.79 Å². The number of pyridine rings is 1. The van der Waals surface area contributed by atoms with Crippen molar-refractivity contribution >= 4 is 44.3 Å². The van der Waals surface area contributed by atoms with Crippen LogP contribution in [-0.2, 0) is 11.2 Å². The summed E-state index contributed by atoms with van der Waals surface area (Å²) in [5.41, 5.74) is 3.02. The fraction of sp³-hybridized carbons (Fsp3) is 0.350. The SMILES string of the molecule is CCCN(CC)c1nc2c(Cc3cccc(C(=O)OC)n3)cc(Cl)cc2s1. The highest BCUT2D eigenvalue weighted by molar-refractivity contribution is 7.22. The van der Waals surface area contributed by atoms with Crippen molar-refractivity contribution in [2.45, 2.75) is 26.7 Å². The number of hydrogen-bond donors (Lipinski definition) is 0. The van der Waals surface area contributed by atoms with Crippen molar-refractivity contribution in [1.82, 2.24) is 9.97 Å². The summed E-state index contributed by atoms with van der Waals surface area (Å²) in [6, 6.07) is 9.23. The van der Waals surface area contributed by atoms with Gasteiger partial charge in [-0.1, -0.05) is 35.9 Å². The van der Waals surface area contributed by atoms with E-state index in [4.69, 9.17) is 21.3 Å². The van der Waals surface area contributed by atoms with Gasteiger partial charge in [-0.15, -0.1) is 0 Å². The van der Waals surface area contributed by atoms with Gasteiger partial charge in [0.05, 0.1) is 17.3 Å². The predicted octanol–water partition coefficient (Wildman–Crippen LogP) is 4.96. The molecule has 1 aromatic carbocycles. The summed E-state index contributed by atoms with van der Waals surface area (Å²) in [6.45, 7) is 6.19. The first-order chi connectivity index (χ1) is 13.0. The fourth-order valence-corrected chi connectivity index (χ4v) is 4.42. The Labute approximate surface area is 168 Å². The quantitative estimate of drug-likeness (QED) is 0.522. The summed E-state index contributed by atoms with van der Waals surface area (Å²) in [5, 5.41) is 1.68. The van der Waals surface area contributed by atoms with Crippen molar-refractivity contribution in [3.05, 3.63) is 52.3 Å². The number of thiazole rings is 1. The summed E-state index contributed by atoms with van der Waals surface area (Å²) in [6.07, 6.45) is 1.62. The number of aromatic nitrogens is 2. The van der Waals surface area contributed by atoms with Crippen molar-refractivity contribution in [3.63, 3.8) is 0 Å². The summed E-state index contributed by atoms with van der Waals surface area (Å²) in [7, 11) is 1.35. The second kappa shape index (κ2) is 8.67. The zero-order valence-electron chi connectivity index (χ0n) is 15.7. The number of anilines is 1. The molecule has 0 saturated heterocycles. The van der Waals surface area contributed by atoms with E-state index < -0.39 is 5.97 Å². The van der Waals surface area contributed by atoms with Gasteiger partial charge in [0.2, 0.25) is 0 Å². The van der Waals surface area contributed by atoms with Crippen LogP contribution < -0.4 is 4.90 Å². The Morgan fingerprint density at radius 1 is 1.26 bits per heavy atom. The number of ether oxygens (including phenoxy) is 1. The molecule has 0 fully saturated rings. The molecule has 0 unspecified atom stereocenters. The maximum absolute atomic E-state index is 11.7. The first-order valence-electron chi connectivity index (χ1n) is 8.93. The number of hydrogen-bond acceptors (Lipinski definition) is 6. The van der Waals surface area contributed by atoms with E-state index in [2.05, 4.69) is 23.7 Å². The Morgan fingerprint density at radius 3 is 2.78 bits per heavy atom. The van der Waals surface area contributed by atoms with Crippen LogP contribution in [0.2, 0.25) is 5.02 Å². The zero-order valence-corrected chi connectivity index (χ0v) is 17.2. The Balaban J connectivity index is 1.99. The topological polar surface area (TPSA) is 55.3 Å². The van der Waals surface area contributed by atoms with E-state index in [0.717, 1.165) is 46.1 Å². The van der Waals surface area contributed by atoms with Crippen molar-refractivity contribution in [2.75, 3.05) is 25.1 Å². The Hall–Kier alpha value is -2.18. The number of halogens is 1. The second-order valence-electron chi connectivity index (χ2n) is 6.17. The zero-order chi connectivity index (χ0) is 19.4. The molecule has 0 aliphatic rings. The lowest BCUT2D eigenvalue weighted by molar-refractivity contribution is 0.0593. The van der Waals surface area contributed by atoms with Crippen LogP contribution >= 0.6 is 22.9 Å². The van der Waals surface area contributed by atoms with Gasteiger partial charge in [-0.2, -0.15) is 0 Å². The number of benzene rings is 1. The van der Waals surface area contributed by atoms with E-state index in [1.54, 1.807) is 17.4 Å². The molecule has 27 heavy (non-hydrogen) atoms. The average Bonchev–Trinajstić information content (AvgIpc) is 3.09. The lowest BCUT2D eigenvalue weighted by Crippen LogP contribution is -2.23. The smallest absolute Gasteiger partial charge is 0.356 e. The third-order valence-electron chi connectivity index (χ3n) is 4.25. The lowest BCUT2D eigenvalue weighted by atomic mass is 10.1. The Kier molecular flexibility index (Phi) is 6.29. The molecule has 3 aromatic rings. The van der Waals surface area contributed by atoms with Crippen molar-refractivity contribution in [3.8, 4) is 0 Å². The molecule has 2 aromatic heterocycles. The van der Waals surface area contributed by atoms with Gasteiger partial charge >= 0.3 is 5.97 Å². The highest BCUT2D eigenvalue weighted by atomic mass is 35.5. The van der Waals surface area contributed by atoms with E-state index in [1.165, 1.54) is 7.11 Å². The number of esters is 1. The van der Waals surface area contributed by atoms with Crippen molar-refractivity contribution in [2.24, 2.45) is 0 Å². The predicted molar refractivity (Wildman–Crippen MR) is 111 cm³/mol. The normalized spacial score (nSPS) is 11.0. The number of carbonyl (C=O) groups excluding carboxylic acids is 1. The Bertz CT molecular complexity index is 958. The third kappa shape index (κ3) is 4.39. The minimum atomic E-state index is -0.442. The lowest BCUT2D eigenvalue weighted by Gasteiger charge is -2.18. The van der Waals surface area contributed by atoms with Crippen LogP contribution in [-0.4, -0.2) is 36.1 Å². The Morgan fingerprint density at radius 2 is 2.07 bits per heavy atom. The third-order valence-corrected chi connectivity index (χ3v) is 5.53. The van der Waals surface area contributed by atoms with Crippen LogP contribution in [0.5, 0.6) is 0 Å². The van der Waals surface area contributed by atoms with Crippen molar-refractivity contribution in [1.29, 1.82) is 0 Å². The molecule has 7 heteroatoms. The number of nitrogens with zero attached hydrogens (tertiary/aromatic N) is 3. The molecular weight excluding hydrogens is 382 g/mol. The van der Waals surface area contributed by atoms with Crippen LogP contribution in [0.3, 0.4) is 0 Å². The monoisotopic (exact) mass is 403 g/mol. The number of rotatable bonds is 7. The molecule has 0 spiro atoms. The van der Waals surface area contributed by atoms with Crippen LogP contribution in [0.1, 0.15) is 42.0 Å². The molecule has 142 valence electrons. The fourth-order valence-electron chi connectivity index (χ4n) is 2.97. The highest BCUT2D eigenvalue weighted by Crippen LogP contribution is 2.34. The highest BCUT2D eigenvalue weighted by Gasteiger charge is 2.15. The number of methoxy groups -OCH3 is 1. The van der Waals surface area contributed by atoms with Gasteiger partial charge < -0.3 is 9.64 Å². The first-order valence-corrected chi connectivity index (χ1v) is 10.1. The minimum Gasteiger partial charge on any atom is -0.464 e. The standard InChI is InChI=1S/C20H22ClN3O2S/c1-4-9-24(5-2)20-23-18-13(10-14(21)12-17(18)27-20)11-15-7-6-8-16(22-15)19(25)26-3/h6-8,10,12H,4-5,9,11H2,1-3H3. The number of carbonyl (C=O) groups is 1. The van der Waals surface area contributed by atoms with Crippen LogP contribution in [0.25, 0.3) is 10.2 Å². The van der Waals surface area contributed by atoms with Gasteiger partial charge in [0.15, 0.2) is 5.13 Å².